The van der Waals surface area contributed by atoms with Gasteiger partial charge >= 0.3 is 0 Å². The summed E-state index contributed by atoms with van der Waals surface area (Å²) in [6, 6.07) is 8.04. The second-order valence-electron chi connectivity index (χ2n) is 4.42. The largest absolute Gasteiger partial charge is 0.351 e. The van der Waals surface area contributed by atoms with E-state index in [-0.39, 0.29) is 23.1 Å². The number of halogens is 2. The van der Waals surface area contributed by atoms with Crippen LogP contribution in [0.5, 0.6) is 0 Å². The van der Waals surface area contributed by atoms with Crippen molar-refractivity contribution in [3.05, 3.63) is 50.8 Å². The van der Waals surface area contributed by atoms with Crippen molar-refractivity contribution in [2.75, 3.05) is 0 Å². The van der Waals surface area contributed by atoms with E-state index in [9.17, 15) is 13.2 Å². The zero-order chi connectivity index (χ0) is 16.3. The van der Waals surface area contributed by atoms with E-state index in [0.29, 0.717) is 20.5 Å². The Morgan fingerprint density at radius 1 is 1.18 bits per heavy atom. The molecule has 0 saturated carbocycles. The number of carbonyl (C=O) groups is 1. The Hall–Kier alpha value is -1.12. The van der Waals surface area contributed by atoms with E-state index in [1.165, 1.54) is 6.07 Å². The molecular weight excluding hydrogens is 367 g/mol. The number of benzene rings is 1. The second kappa shape index (κ2) is 6.97. The molecule has 0 aliphatic heterocycles. The van der Waals surface area contributed by atoms with Gasteiger partial charge in [0.15, 0.2) is 0 Å². The summed E-state index contributed by atoms with van der Waals surface area (Å²) in [6.07, 6.45) is 0.0475. The first-order valence-electron chi connectivity index (χ1n) is 6.08. The minimum Gasteiger partial charge on any atom is -0.351 e. The molecule has 9 heteroatoms. The third kappa shape index (κ3) is 4.44. The van der Waals surface area contributed by atoms with Gasteiger partial charge < -0.3 is 5.32 Å². The SMILES string of the molecule is NS(=O)(=O)c1ccc(CNC(=O)Cc2c(Cl)cccc2Cl)s1. The molecule has 0 aliphatic rings. The number of nitrogens with one attached hydrogen (secondary N) is 1. The van der Waals surface area contributed by atoms with Gasteiger partial charge in [-0.3, -0.25) is 4.79 Å². The van der Waals surface area contributed by atoms with Crippen LogP contribution in [-0.2, 0) is 27.8 Å². The standard InChI is InChI=1S/C13H12Cl2N2O3S2/c14-10-2-1-3-11(15)9(10)6-12(18)17-7-8-4-5-13(21-8)22(16,19)20/h1-5H,6-7H2,(H,17,18)(H2,16,19,20). The van der Waals surface area contributed by atoms with Crippen LogP contribution in [0.15, 0.2) is 34.5 Å². The van der Waals surface area contributed by atoms with Crippen molar-refractivity contribution in [2.24, 2.45) is 5.14 Å². The number of nitrogens with two attached hydrogens (primary N) is 1. The number of primary sulfonamides is 1. The molecular formula is C13H12Cl2N2O3S2. The number of hydrogen-bond acceptors (Lipinski definition) is 4. The van der Waals surface area contributed by atoms with E-state index in [2.05, 4.69) is 5.32 Å². The van der Waals surface area contributed by atoms with Crippen LogP contribution in [0.4, 0.5) is 0 Å². The van der Waals surface area contributed by atoms with Gasteiger partial charge in [-0.05, 0) is 29.8 Å². The summed E-state index contributed by atoms with van der Waals surface area (Å²) in [7, 11) is -3.71. The molecule has 2 aromatic rings. The van der Waals surface area contributed by atoms with Crippen LogP contribution in [0.1, 0.15) is 10.4 Å². The van der Waals surface area contributed by atoms with Gasteiger partial charge in [0, 0.05) is 14.9 Å². The summed E-state index contributed by atoms with van der Waals surface area (Å²) in [5.74, 6) is -0.263. The lowest BCUT2D eigenvalue weighted by molar-refractivity contribution is -0.120. The van der Waals surface area contributed by atoms with Gasteiger partial charge in [0.25, 0.3) is 0 Å². The highest BCUT2D eigenvalue weighted by molar-refractivity contribution is 7.91. The maximum Gasteiger partial charge on any atom is 0.247 e. The Kier molecular flexibility index (Phi) is 5.46. The molecule has 1 amide bonds. The van der Waals surface area contributed by atoms with E-state index in [1.54, 1.807) is 24.3 Å². The van der Waals surface area contributed by atoms with Gasteiger partial charge in [-0.2, -0.15) is 0 Å². The van der Waals surface area contributed by atoms with Crippen LogP contribution in [0.2, 0.25) is 10.0 Å². The third-order valence-electron chi connectivity index (χ3n) is 2.78. The smallest absolute Gasteiger partial charge is 0.247 e. The monoisotopic (exact) mass is 378 g/mol. The minimum absolute atomic E-state index is 0.0475. The van der Waals surface area contributed by atoms with Crippen LogP contribution >= 0.6 is 34.5 Å². The summed E-state index contributed by atoms with van der Waals surface area (Å²) in [6.45, 7) is 0.209. The molecule has 118 valence electrons. The van der Waals surface area contributed by atoms with Crippen LogP contribution in [0, 0.1) is 0 Å². The molecule has 0 spiro atoms. The van der Waals surface area contributed by atoms with Crippen molar-refractivity contribution in [3.8, 4) is 0 Å². The van der Waals surface area contributed by atoms with Crippen molar-refractivity contribution in [1.82, 2.24) is 5.32 Å². The molecule has 0 saturated heterocycles. The topological polar surface area (TPSA) is 89.3 Å². The van der Waals surface area contributed by atoms with Crippen molar-refractivity contribution in [3.63, 3.8) is 0 Å². The maximum absolute atomic E-state index is 11.9. The molecule has 0 aliphatic carbocycles. The summed E-state index contributed by atoms with van der Waals surface area (Å²) < 4.78 is 22.4. The molecule has 0 bridgehead atoms. The highest BCUT2D eigenvalue weighted by atomic mass is 35.5. The fourth-order valence-corrected chi connectivity index (χ4v) is 3.97. The highest BCUT2D eigenvalue weighted by Crippen LogP contribution is 2.25. The average Bonchev–Trinajstić information content (AvgIpc) is 2.90. The van der Waals surface area contributed by atoms with Crippen LogP contribution in [0.3, 0.4) is 0 Å². The maximum atomic E-state index is 11.9. The van der Waals surface area contributed by atoms with Crippen molar-refractivity contribution in [1.29, 1.82) is 0 Å². The van der Waals surface area contributed by atoms with E-state index in [4.69, 9.17) is 28.3 Å². The van der Waals surface area contributed by atoms with Crippen molar-refractivity contribution in [2.45, 2.75) is 17.2 Å². The van der Waals surface area contributed by atoms with E-state index in [0.717, 1.165) is 11.3 Å². The minimum atomic E-state index is -3.71. The number of amides is 1. The molecule has 0 atom stereocenters. The molecule has 0 fully saturated rings. The summed E-state index contributed by atoms with van der Waals surface area (Å²) in [4.78, 5) is 12.6. The van der Waals surface area contributed by atoms with Crippen LogP contribution < -0.4 is 10.5 Å². The van der Waals surface area contributed by atoms with E-state index >= 15 is 0 Å². The molecule has 1 aromatic heterocycles. The Morgan fingerprint density at radius 2 is 1.82 bits per heavy atom. The molecule has 1 aromatic carbocycles. The van der Waals surface area contributed by atoms with Gasteiger partial charge in [-0.1, -0.05) is 29.3 Å². The van der Waals surface area contributed by atoms with Gasteiger partial charge in [-0.25, -0.2) is 13.6 Å². The summed E-state index contributed by atoms with van der Waals surface area (Å²) in [5, 5.41) is 8.57. The number of thiophene rings is 1. The van der Waals surface area contributed by atoms with Gasteiger partial charge in [0.1, 0.15) is 4.21 Å². The first-order chi connectivity index (χ1) is 10.3. The lowest BCUT2D eigenvalue weighted by atomic mass is 10.1. The Balaban J connectivity index is 1.97. The first kappa shape index (κ1) is 17.2. The normalized spacial score (nSPS) is 11.4. The first-order valence-corrected chi connectivity index (χ1v) is 9.20. The lowest BCUT2D eigenvalue weighted by Crippen LogP contribution is -2.24. The number of hydrogen-bond donors (Lipinski definition) is 2. The fraction of sp³-hybridized carbons (Fsp3) is 0.154. The predicted molar refractivity (Wildman–Crippen MR) is 87.7 cm³/mol. The van der Waals surface area contributed by atoms with Crippen LogP contribution in [-0.4, -0.2) is 14.3 Å². The molecule has 22 heavy (non-hydrogen) atoms. The molecule has 5 nitrogen and oxygen atoms in total. The lowest BCUT2D eigenvalue weighted by Gasteiger charge is -2.07. The number of rotatable bonds is 5. The molecule has 2 rings (SSSR count). The van der Waals surface area contributed by atoms with E-state index in [1.807, 2.05) is 0 Å². The number of carbonyl (C=O) groups excluding carboxylic acids is 1. The predicted octanol–water partition coefficient (Wildman–Crippen LogP) is 2.56. The molecule has 1 heterocycles. The summed E-state index contributed by atoms with van der Waals surface area (Å²) in [5.41, 5.74) is 0.555. The van der Waals surface area contributed by atoms with Crippen molar-refractivity contribution >= 4 is 50.5 Å². The highest BCUT2D eigenvalue weighted by Gasteiger charge is 2.13. The second-order valence-corrected chi connectivity index (χ2v) is 8.19. The quantitative estimate of drug-likeness (QED) is 0.837. The zero-order valence-electron chi connectivity index (χ0n) is 11.2. The summed E-state index contributed by atoms with van der Waals surface area (Å²) >= 11 is 13.0. The van der Waals surface area contributed by atoms with Gasteiger partial charge in [0.05, 0.1) is 13.0 Å². The van der Waals surface area contributed by atoms with Crippen molar-refractivity contribution < 1.29 is 13.2 Å². The Morgan fingerprint density at radius 3 is 2.36 bits per heavy atom. The zero-order valence-corrected chi connectivity index (χ0v) is 14.3. The molecule has 0 unspecified atom stereocenters. The van der Waals surface area contributed by atoms with Crippen LogP contribution in [0.25, 0.3) is 0 Å². The Bertz CT molecular complexity index is 783. The Labute approximate surface area is 142 Å². The van der Waals surface area contributed by atoms with Gasteiger partial charge in [0.2, 0.25) is 15.9 Å². The third-order valence-corrected chi connectivity index (χ3v) is 6.01. The van der Waals surface area contributed by atoms with Gasteiger partial charge in [-0.15, -0.1) is 11.3 Å². The average molecular weight is 379 g/mol. The van der Waals surface area contributed by atoms with E-state index < -0.39 is 10.0 Å². The molecule has 3 N–H and O–H groups in total. The fourth-order valence-electron chi connectivity index (χ4n) is 1.72. The number of sulfonamides is 1. The molecule has 0 radical (unpaired) electrons.